The van der Waals surface area contributed by atoms with Crippen molar-refractivity contribution in [2.75, 3.05) is 0 Å². The average Bonchev–Trinajstić information content (AvgIpc) is 2.38. The van der Waals surface area contributed by atoms with Gasteiger partial charge in [-0.25, -0.2) is 0 Å². The van der Waals surface area contributed by atoms with E-state index in [1.807, 2.05) is 6.20 Å². The third kappa shape index (κ3) is 3.51. The maximum absolute atomic E-state index is 5.60. The molecule has 1 aliphatic carbocycles. The van der Waals surface area contributed by atoms with E-state index in [0.29, 0.717) is 12.1 Å². The van der Waals surface area contributed by atoms with Gasteiger partial charge in [-0.15, -0.1) is 0 Å². The van der Waals surface area contributed by atoms with Crippen molar-refractivity contribution < 1.29 is 0 Å². The number of nitrogens with zero attached hydrogens (tertiary/aromatic N) is 1. The van der Waals surface area contributed by atoms with E-state index >= 15 is 0 Å². The van der Waals surface area contributed by atoms with Gasteiger partial charge in [-0.2, -0.15) is 0 Å². The van der Waals surface area contributed by atoms with Crippen molar-refractivity contribution in [1.82, 2.24) is 10.3 Å². The molecule has 0 aromatic carbocycles. The molecule has 0 spiro atoms. The second-order valence-corrected chi connectivity index (χ2v) is 5.33. The van der Waals surface area contributed by atoms with Gasteiger partial charge in [-0.05, 0) is 37.5 Å². The van der Waals surface area contributed by atoms with Crippen LogP contribution in [0.15, 0.2) is 18.3 Å². The van der Waals surface area contributed by atoms with Gasteiger partial charge in [0.2, 0.25) is 0 Å². The van der Waals surface area contributed by atoms with Crippen molar-refractivity contribution in [3.05, 3.63) is 29.6 Å². The molecule has 0 bridgehead atoms. The predicted octanol–water partition coefficient (Wildman–Crippen LogP) is 2.35. The van der Waals surface area contributed by atoms with Gasteiger partial charge in [0, 0.05) is 24.8 Å². The fourth-order valence-corrected chi connectivity index (χ4v) is 2.57. The lowest BCUT2D eigenvalue weighted by Gasteiger charge is -2.34. The van der Waals surface area contributed by atoms with Gasteiger partial charge in [0.05, 0.1) is 5.69 Å². The summed E-state index contributed by atoms with van der Waals surface area (Å²) >= 11 is 0. The smallest absolute Gasteiger partial charge is 0.0542 e. The van der Waals surface area contributed by atoms with Gasteiger partial charge in [0.1, 0.15) is 0 Å². The zero-order valence-electron chi connectivity index (χ0n) is 10.7. The first-order valence-electron chi connectivity index (χ1n) is 6.61. The number of rotatable bonds is 4. The van der Waals surface area contributed by atoms with Crippen molar-refractivity contribution in [2.45, 2.75) is 57.7 Å². The largest absolute Gasteiger partial charge is 0.325 e. The zero-order chi connectivity index (χ0) is 12.1. The number of nitrogens with two attached hydrogens (primary N) is 1. The highest BCUT2D eigenvalue weighted by molar-refractivity contribution is 5.16. The molecule has 3 nitrogen and oxygen atoms in total. The van der Waals surface area contributed by atoms with Crippen molar-refractivity contribution in [3.8, 4) is 0 Å². The van der Waals surface area contributed by atoms with Crippen LogP contribution in [0.25, 0.3) is 0 Å². The van der Waals surface area contributed by atoms with Crippen LogP contribution in [0.2, 0.25) is 0 Å². The lowest BCUT2D eigenvalue weighted by atomic mass is 9.83. The van der Waals surface area contributed by atoms with Crippen LogP contribution in [0, 0.1) is 0 Å². The quantitative estimate of drug-likeness (QED) is 0.839. The summed E-state index contributed by atoms with van der Waals surface area (Å²) in [6.45, 7) is 3.79. The first-order chi connectivity index (χ1) is 8.22. The minimum absolute atomic E-state index is 0.324. The van der Waals surface area contributed by atoms with Crippen LogP contribution >= 0.6 is 0 Å². The summed E-state index contributed by atoms with van der Waals surface area (Å²) in [6, 6.07) is 4.16. The third-order valence-corrected chi connectivity index (χ3v) is 3.77. The fraction of sp³-hybridized carbons (Fsp3) is 0.643. The molecule has 94 valence electrons. The van der Waals surface area contributed by atoms with Crippen LogP contribution in [0.4, 0.5) is 0 Å². The molecule has 1 aromatic rings. The van der Waals surface area contributed by atoms with Crippen LogP contribution in [0.1, 0.15) is 50.3 Å². The van der Waals surface area contributed by atoms with E-state index in [9.17, 15) is 0 Å². The Morgan fingerprint density at radius 1 is 1.35 bits per heavy atom. The van der Waals surface area contributed by atoms with Gasteiger partial charge >= 0.3 is 0 Å². The van der Waals surface area contributed by atoms with Gasteiger partial charge in [-0.1, -0.05) is 19.3 Å². The average molecular weight is 233 g/mol. The first kappa shape index (κ1) is 12.5. The summed E-state index contributed by atoms with van der Waals surface area (Å²) < 4.78 is 0. The normalized spacial score (nSPS) is 19.2. The third-order valence-electron chi connectivity index (χ3n) is 3.77. The molecular formula is C14H23N3. The number of hydrogen-bond acceptors (Lipinski definition) is 3. The lowest BCUT2D eigenvalue weighted by molar-refractivity contribution is 0.252. The van der Waals surface area contributed by atoms with Crippen LogP contribution in [0.5, 0.6) is 0 Å². The van der Waals surface area contributed by atoms with Crippen LogP contribution in [-0.4, -0.2) is 10.5 Å². The lowest BCUT2D eigenvalue weighted by Crippen LogP contribution is -2.43. The Kier molecular flexibility index (Phi) is 4.13. The van der Waals surface area contributed by atoms with E-state index in [4.69, 9.17) is 5.73 Å². The highest BCUT2D eigenvalue weighted by Gasteiger charge is 2.25. The summed E-state index contributed by atoms with van der Waals surface area (Å²) in [5.74, 6) is 0. The van der Waals surface area contributed by atoms with Crippen LogP contribution < -0.4 is 11.1 Å². The van der Waals surface area contributed by atoms with Crippen molar-refractivity contribution in [3.63, 3.8) is 0 Å². The molecule has 17 heavy (non-hydrogen) atoms. The van der Waals surface area contributed by atoms with E-state index < -0.39 is 0 Å². The number of hydrogen-bond donors (Lipinski definition) is 2. The standard InChI is InChI=1S/C14H23N3/c1-14(6-3-2-4-7-14)17-11-12-5-8-16-13(9-12)10-15/h5,8-9,17H,2-4,6-7,10-11,15H2,1H3. The molecule has 0 unspecified atom stereocenters. The van der Waals surface area contributed by atoms with Gasteiger partial charge in [0.15, 0.2) is 0 Å². The Morgan fingerprint density at radius 3 is 2.82 bits per heavy atom. The Hall–Kier alpha value is -0.930. The van der Waals surface area contributed by atoms with Crippen LogP contribution in [-0.2, 0) is 13.1 Å². The molecule has 1 saturated carbocycles. The summed E-state index contributed by atoms with van der Waals surface area (Å²) in [7, 11) is 0. The molecule has 3 heteroatoms. The van der Waals surface area contributed by atoms with Gasteiger partial charge in [0.25, 0.3) is 0 Å². The molecule has 0 amide bonds. The second kappa shape index (κ2) is 5.61. The monoisotopic (exact) mass is 233 g/mol. The highest BCUT2D eigenvalue weighted by Crippen LogP contribution is 2.27. The van der Waals surface area contributed by atoms with Crippen molar-refractivity contribution in [2.24, 2.45) is 5.73 Å². The molecule has 1 fully saturated rings. The Morgan fingerprint density at radius 2 is 2.12 bits per heavy atom. The minimum Gasteiger partial charge on any atom is -0.325 e. The molecule has 0 radical (unpaired) electrons. The predicted molar refractivity (Wildman–Crippen MR) is 70.5 cm³/mol. The van der Waals surface area contributed by atoms with E-state index in [2.05, 4.69) is 29.4 Å². The van der Waals surface area contributed by atoms with E-state index in [0.717, 1.165) is 12.2 Å². The Balaban J connectivity index is 1.92. The second-order valence-electron chi connectivity index (χ2n) is 5.33. The molecule has 1 aromatic heterocycles. The van der Waals surface area contributed by atoms with E-state index in [-0.39, 0.29) is 0 Å². The molecular weight excluding hydrogens is 210 g/mol. The topological polar surface area (TPSA) is 50.9 Å². The van der Waals surface area contributed by atoms with Gasteiger partial charge < -0.3 is 11.1 Å². The number of pyridine rings is 1. The number of aromatic nitrogens is 1. The summed E-state index contributed by atoms with van der Waals surface area (Å²) in [5, 5.41) is 3.70. The molecule has 1 heterocycles. The van der Waals surface area contributed by atoms with Crippen molar-refractivity contribution >= 4 is 0 Å². The molecule has 0 aliphatic heterocycles. The molecule has 1 aliphatic rings. The molecule has 0 saturated heterocycles. The summed E-state index contributed by atoms with van der Waals surface area (Å²) in [4.78, 5) is 4.22. The summed E-state index contributed by atoms with van der Waals surface area (Å²) in [6.07, 6.45) is 8.54. The maximum Gasteiger partial charge on any atom is 0.0542 e. The SMILES string of the molecule is CC1(NCc2ccnc(CN)c2)CCCCC1. The zero-order valence-corrected chi connectivity index (χ0v) is 10.7. The van der Waals surface area contributed by atoms with Gasteiger partial charge in [-0.3, -0.25) is 4.98 Å². The highest BCUT2D eigenvalue weighted by atomic mass is 15.0. The van der Waals surface area contributed by atoms with E-state index in [1.54, 1.807) is 0 Å². The fourth-order valence-electron chi connectivity index (χ4n) is 2.57. The minimum atomic E-state index is 0.324. The Labute approximate surface area is 104 Å². The maximum atomic E-state index is 5.60. The molecule has 0 atom stereocenters. The summed E-state index contributed by atoms with van der Waals surface area (Å²) in [5.41, 5.74) is 8.18. The molecule has 2 rings (SSSR count). The van der Waals surface area contributed by atoms with Crippen LogP contribution in [0.3, 0.4) is 0 Å². The van der Waals surface area contributed by atoms with E-state index in [1.165, 1.54) is 37.7 Å². The first-order valence-corrected chi connectivity index (χ1v) is 6.61. The molecule has 3 N–H and O–H groups in total. The number of nitrogens with one attached hydrogen (secondary N) is 1. The van der Waals surface area contributed by atoms with Crippen molar-refractivity contribution in [1.29, 1.82) is 0 Å². The Bertz CT molecular complexity index is 356.